The molecule has 2 heterocycles. The molecule has 2 amide bonds. The maximum absolute atomic E-state index is 14.5. The number of anilines is 1. The molecule has 0 saturated carbocycles. The standard InChI is InChI=1S/C27H30ClFN4O3/c1-17-15-30-33(16-17)18(2)27(35)32-12-10-20(11-13-32)19-4-6-21(7-5-19)31-25(34)14-22-23(28)8-9-24(36-3)26(22)29/h4-9,15-16,18,20H,10-14H2,1-3H3,(H,31,34). The van der Waals surface area contributed by atoms with Crippen molar-refractivity contribution < 1.29 is 18.7 Å². The van der Waals surface area contributed by atoms with E-state index in [1.165, 1.54) is 19.2 Å². The first kappa shape index (κ1) is 25.7. The second-order valence-corrected chi connectivity index (χ2v) is 9.57. The minimum atomic E-state index is -0.630. The molecule has 1 N–H and O–H groups in total. The number of nitrogens with one attached hydrogen (secondary N) is 1. The molecule has 2 aromatic carbocycles. The van der Waals surface area contributed by atoms with Gasteiger partial charge in [-0.3, -0.25) is 14.3 Å². The van der Waals surface area contributed by atoms with E-state index in [4.69, 9.17) is 16.3 Å². The number of benzene rings is 2. The molecule has 1 aliphatic heterocycles. The number of aryl methyl sites for hydroxylation is 1. The molecule has 0 aliphatic carbocycles. The van der Waals surface area contributed by atoms with Crippen LogP contribution in [0.25, 0.3) is 0 Å². The van der Waals surface area contributed by atoms with Gasteiger partial charge in [0.05, 0.1) is 19.7 Å². The zero-order valence-electron chi connectivity index (χ0n) is 20.6. The number of hydrogen-bond donors (Lipinski definition) is 1. The van der Waals surface area contributed by atoms with Crippen molar-refractivity contribution in [3.8, 4) is 5.75 Å². The monoisotopic (exact) mass is 512 g/mol. The summed E-state index contributed by atoms with van der Waals surface area (Å²) in [5.74, 6) is -0.530. The van der Waals surface area contributed by atoms with E-state index in [-0.39, 0.29) is 40.6 Å². The van der Waals surface area contributed by atoms with E-state index >= 15 is 0 Å². The number of hydrogen-bond acceptors (Lipinski definition) is 4. The van der Waals surface area contributed by atoms with Gasteiger partial charge < -0.3 is 15.0 Å². The van der Waals surface area contributed by atoms with Crippen molar-refractivity contribution in [1.82, 2.24) is 14.7 Å². The number of rotatable bonds is 7. The number of amides is 2. The smallest absolute Gasteiger partial charge is 0.247 e. The molecule has 3 aromatic rings. The summed E-state index contributed by atoms with van der Waals surface area (Å²) in [6, 6.07) is 10.3. The topological polar surface area (TPSA) is 76.5 Å². The van der Waals surface area contributed by atoms with Gasteiger partial charge in [0.25, 0.3) is 0 Å². The largest absolute Gasteiger partial charge is 0.494 e. The van der Waals surface area contributed by atoms with Gasteiger partial charge in [-0.2, -0.15) is 5.10 Å². The van der Waals surface area contributed by atoms with Crippen LogP contribution in [0, 0.1) is 12.7 Å². The molecule has 1 unspecified atom stereocenters. The van der Waals surface area contributed by atoms with Gasteiger partial charge in [-0.1, -0.05) is 23.7 Å². The average Bonchev–Trinajstić information content (AvgIpc) is 3.32. The number of carbonyl (C=O) groups is 2. The van der Waals surface area contributed by atoms with Crippen molar-refractivity contribution in [3.05, 3.63) is 76.3 Å². The molecule has 7 nitrogen and oxygen atoms in total. The number of halogens is 2. The fourth-order valence-corrected chi connectivity index (χ4v) is 4.77. The fourth-order valence-electron chi connectivity index (χ4n) is 4.56. The number of piperidine rings is 1. The zero-order chi connectivity index (χ0) is 25.8. The third-order valence-electron chi connectivity index (χ3n) is 6.67. The Morgan fingerprint density at radius 1 is 1.19 bits per heavy atom. The highest BCUT2D eigenvalue weighted by Crippen LogP contribution is 2.30. The lowest BCUT2D eigenvalue weighted by atomic mass is 9.89. The third kappa shape index (κ3) is 5.70. The molecule has 1 saturated heterocycles. The Bertz CT molecular complexity index is 1240. The predicted molar refractivity (Wildman–Crippen MR) is 137 cm³/mol. The van der Waals surface area contributed by atoms with Crippen LogP contribution < -0.4 is 10.1 Å². The van der Waals surface area contributed by atoms with E-state index in [2.05, 4.69) is 10.4 Å². The molecular weight excluding hydrogens is 483 g/mol. The molecule has 0 radical (unpaired) electrons. The predicted octanol–water partition coefficient (Wildman–Crippen LogP) is 5.14. The van der Waals surface area contributed by atoms with Crippen LogP contribution in [0.2, 0.25) is 5.02 Å². The molecule has 4 rings (SSSR count). The minimum absolute atomic E-state index is 0.0465. The quantitative estimate of drug-likeness (QED) is 0.475. The summed E-state index contributed by atoms with van der Waals surface area (Å²) in [5, 5.41) is 7.25. The van der Waals surface area contributed by atoms with Gasteiger partial charge in [-0.15, -0.1) is 0 Å². The van der Waals surface area contributed by atoms with Crippen LogP contribution in [0.5, 0.6) is 5.75 Å². The van der Waals surface area contributed by atoms with E-state index in [1.54, 1.807) is 10.9 Å². The number of ether oxygens (including phenoxy) is 1. The van der Waals surface area contributed by atoms with Gasteiger partial charge in [0, 0.05) is 35.6 Å². The molecule has 36 heavy (non-hydrogen) atoms. The maximum Gasteiger partial charge on any atom is 0.247 e. The van der Waals surface area contributed by atoms with Crippen LogP contribution in [-0.2, 0) is 16.0 Å². The summed E-state index contributed by atoms with van der Waals surface area (Å²) in [6.07, 6.45) is 5.18. The SMILES string of the molecule is COc1ccc(Cl)c(CC(=O)Nc2ccc(C3CCN(C(=O)C(C)n4cc(C)cn4)CC3)cc2)c1F. The van der Waals surface area contributed by atoms with E-state index in [1.807, 2.05) is 49.2 Å². The van der Waals surface area contributed by atoms with Gasteiger partial charge in [-0.25, -0.2) is 4.39 Å². The molecule has 1 aromatic heterocycles. The Labute approximate surface area is 215 Å². The molecule has 1 atom stereocenters. The zero-order valence-corrected chi connectivity index (χ0v) is 21.4. The number of carbonyl (C=O) groups excluding carboxylic acids is 2. The summed E-state index contributed by atoms with van der Waals surface area (Å²) in [4.78, 5) is 27.3. The van der Waals surface area contributed by atoms with E-state index < -0.39 is 5.82 Å². The molecule has 0 spiro atoms. The van der Waals surface area contributed by atoms with Crippen LogP contribution in [0.1, 0.15) is 48.4 Å². The first-order chi connectivity index (χ1) is 17.3. The number of nitrogens with zero attached hydrogens (tertiary/aromatic N) is 3. The van der Waals surface area contributed by atoms with E-state index in [9.17, 15) is 14.0 Å². The lowest BCUT2D eigenvalue weighted by Crippen LogP contribution is -2.41. The lowest BCUT2D eigenvalue weighted by Gasteiger charge is -2.34. The summed E-state index contributed by atoms with van der Waals surface area (Å²) in [6.45, 7) is 5.22. The summed E-state index contributed by atoms with van der Waals surface area (Å²) in [5.41, 5.74) is 2.92. The molecule has 1 aliphatic rings. The van der Waals surface area contributed by atoms with E-state index in [0.717, 1.165) is 24.0 Å². The van der Waals surface area contributed by atoms with Crippen molar-refractivity contribution in [2.45, 2.75) is 45.1 Å². The highest BCUT2D eigenvalue weighted by Gasteiger charge is 2.28. The Kier molecular flexibility index (Phi) is 7.94. The number of methoxy groups -OCH3 is 1. The summed E-state index contributed by atoms with van der Waals surface area (Å²) < 4.78 is 21.2. The van der Waals surface area contributed by atoms with Crippen LogP contribution in [0.4, 0.5) is 10.1 Å². The second kappa shape index (κ2) is 11.1. The number of likely N-dealkylation sites (tertiary alicyclic amines) is 1. The number of aromatic nitrogens is 2. The van der Waals surface area contributed by atoms with Gasteiger partial charge in [0.2, 0.25) is 11.8 Å². The van der Waals surface area contributed by atoms with E-state index in [0.29, 0.717) is 24.7 Å². The second-order valence-electron chi connectivity index (χ2n) is 9.16. The molecule has 0 bridgehead atoms. The third-order valence-corrected chi connectivity index (χ3v) is 7.02. The van der Waals surface area contributed by atoms with Gasteiger partial charge in [0.1, 0.15) is 6.04 Å². The van der Waals surface area contributed by atoms with Crippen molar-refractivity contribution in [2.24, 2.45) is 0 Å². The average molecular weight is 513 g/mol. The highest BCUT2D eigenvalue weighted by molar-refractivity contribution is 6.31. The van der Waals surface area contributed by atoms with Crippen molar-refractivity contribution >= 4 is 29.1 Å². The van der Waals surface area contributed by atoms with Crippen molar-refractivity contribution in [2.75, 3.05) is 25.5 Å². The van der Waals surface area contributed by atoms with Gasteiger partial charge in [-0.05, 0) is 68.0 Å². The minimum Gasteiger partial charge on any atom is -0.494 e. The first-order valence-electron chi connectivity index (χ1n) is 12.0. The van der Waals surface area contributed by atoms with Gasteiger partial charge >= 0.3 is 0 Å². The molecule has 1 fully saturated rings. The Hall–Kier alpha value is -3.39. The lowest BCUT2D eigenvalue weighted by molar-refractivity contribution is -0.135. The van der Waals surface area contributed by atoms with Crippen LogP contribution >= 0.6 is 11.6 Å². The van der Waals surface area contributed by atoms with Crippen molar-refractivity contribution in [3.63, 3.8) is 0 Å². The normalized spacial score (nSPS) is 15.0. The fraction of sp³-hybridized carbons (Fsp3) is 0.370. The molecular formula is C27H30ClFN4O3. The maximum atomic E-state index is 14.5. The summed E-state index contributed by atoms with van der Waals surface area (Å²) >= 11 is 6.09. The molecule has 9 heteroatoms. The van der Waals surface area contributed by atoms with Crippen LogP contribution in [0.15, 0.2) is 48.8 Å². The van der Waals surface area contributed by atoms with Crippen molar-refractivity contribution in [1.29, 1.82) is 0 Å². The Morgan fingerprint density at radius 3 is 2.50 bits per heavy atom. The molecule has 190 valence electrons. The first-order valence-corrected chi connectivity index (χ1v) is 12.3. The Morgan fingerprint density at radius 2 is 1.89 bits per heavy atom. The Balaban J connectivity index is 1.31. The summed E-state index contributed by atoms with van der Waals surface area (Å²) in [7, 11) is 1.36. The van der Waals surface area contributed by atoms with Crippen LogP contribution in [0.3, 0.4) is 0 Å². The van der Waals surface area contributed by atoms with Crippen LogP contribution in [-0.4, -0.2) is 46.7 Å². The highest BCUT2D eigenvalue weighted by atomic mass is 35.5. The van der Waals surface area contributed by atoms with Gasteiger partial charge in [0.15, 0.2) is 11.6 Å².